The van der Waals surface area contributed by atoms with Crippen LogP contribution in [0.3, 0.4) is 0 Å². The molecular weight excluding hydrogens is 273 g/mol. The summed E-state index contributed by atoms with van der Waals surface area (Å²) in [7, 11) is 0. The maximum atomic E-state index is 11.5. The second-order valence-corrected chi connectivity index (χ2v) is 5.40. The fraction of sp³-hybridized carbons (Fsp3) is 0.462. The molecule has 1 amide bonds. The molecule has 1 unspecified atom stereocenters. The molecule has 1 aliphatic carbocycles. The molecule has 1 fully saturated rings. The molecule has 5 heteroatoms. The molecule has 0 aromatic heterocycles. The second kappa shape index (κ2) is 6.30. The number of hydrogen-bond acceptors (Lipinski definition) is 2. The Morgan fingerprint density at radius 2 is 2.06 bits per heavy atom. The molecule has 1 atom stereocenters. The molecule has 1 aromatic rings. The van der Waals surface area contributed by atoms with Crippen molar-refractivity contribution in [2.75, 3.05) is 13.2 Å². The first-order valence-electron chi connectivity index (χ1n) is 5.94. The molecule has 0 radical (unpaired) electrons. The van der Waals surface area contributed by atoms with Gasteiger partial charge in [0.05, 0.1) is 5.38 Å². The van der Waals surface area contributed by atoms with Crippen LogP contribution in [0, 0.1) is 5.92 Å². The molecule has 0 saturated heterocycles. The molecule has 3 nitrogen and oxygen atoms in total. The summed E-state index contributed by atoms with van der Waals surface area (Å²) in [5.74, 6) is 1.04. The minimum atomic E-state index is -0.156. The van der Waals surface area contributed by atoms with Crippen molar-refractivity contribution in [2.24, 2.45) is 5.92 Å². The molecule has 0 heterocycles. The number of ether oxygens (including phenoxy) is 1. The third kappa shape index (κ3) is 4.39. The van der Waals surface area contributed by atoms with Gasteiger partial charge < -0.3 is 10.1 Å². The number of rotatable bonds is 6. The van der Waals surface area contributed by atoms with Gasteiger partial charge in [0.2, 0.25) is 0 Å². The number of halogens is 2. The zero-order valence-corrected chi connectivity index (χ0v) is 11.4. The fourth-order valence-corrected chi connectivity index (χ4v) is 2.02. The maximum Gasteiger partial charge on any atom is 0.257 e. The maximum absolute atomic E-state index is 11.5. The zero-order valence-electron chi connectivity index (χ0n) is 9.86. The highest BCUT2D eigenvalue weighted by Gasteiger charge is 2.29. The highest BCUT2D eigenvalue weighted by Crippen LogP contribution is 2.35. The van der Waals surface area contributed by atoms with E-state index in [1.54, 1.807) is 24.3 Å². The van der Waals surface area contributed by atoms with E-state index in [9.17, 15) is 4.79 Å². The van der Waals surface area contributed by atoms with Gasteiger partial charge in [-0.05, 0) is 43.0 Å². The van der Waals surface area contributed by atoms with Gasteiger partial charge in [0.15, 0.2) is 6.61 Å². The quantitative estimate of drug-likeness (QED) is 0.817. The number of amides is 1. The van der Waals surface area contributed by atoms with Crippen molar-refractivity contribution >= 4 is 29.1 Å². The first kappa shape index (κ1) is 13.5. The minimum absolute atomic E-state index is 0.00406. The Morgan fingerprint density at radius 1 is 1.39 bits per heavy atom. The van der Waals surface area contributed by atoms with Crippen LogP contribution in [0.5, 0.6) is 5.75 Å². The van der Waals surface area contributed by atoms with E-state index in [-0.39, 0.29) is 17.9 Å². The van der Waals surface area contributed by atoms with Gasteiger partial charge in [0, 0.05) is 11.6 Å². The molecule has 0 aliphatic heterocycles. The summed E-state index contributed by atoms with van der Waals surface area (Å²) in [5.41, 5.74) is 0. The Labute approximate surface area is 116 Å². The summed E-state index contributed by atoms with van der Waals surface area (Å²) in [4.78, 5) is 11.5. The molecule has 1 aliphatic rings. The Kier molecular flexibility index (Phi) is 4.72. The average Bonchev–Trinajstić information content (AvgIpc) is 3.19. The second-order valence-electron chi connectivity index (χ2n) is 4.40. The lowest BCUT2D eigenvalue weighted by molar-refractivity contribution is -0.123. The first-order chi connectivity index (χ1) is 8.65. The molecule has 1 aromatic carbocycles. The van der Waals surface area contributed by atoms with Crippen LogP contribution in [-0.4, -0.2) is 24.4 Å². The first-order valence-corrected chi connectivity index (χ1v) is 6.76. The summed E-state index contributed by atoms with van der Waals surface area (Å²) < 4.78 is 5.32. The summed E-state index contributed by atoms with van der Waals surface area (Å²) in [6.07, 6.45) is 2.34. The zero-order chi connectivity index (χ0) is 13.0. The number of hydrogen-bond donors (Lipinski definition) is 1. The van der Waals surface area contributed by atoms with Gasteiger partial charge in [-0.25, -0.2) is 0 Å². The van der Waals surface area contributed by atoms with Crippen molar-refractivity contribution in [3.05, 3.63) is 29.3 Å². The number of carbonyl (C=O) groups is 1. The lowest BCUT2D eigenvalue weighted by atomic mass is 10.3. The third-order valence-electron chi connectivity index (χ3n) is 2.81. The molecular formula is C13H15Cl2NO2. The van der Waals surface area contributed by atoms with Crippen molar-refractivity contribution in [3.8, 4) is 5.75 Å². The van der Waals surface area contributed by atoms with Gasteiger partial charge in [0.1, 0.15) is 5.75 Å². The van der Waals surface area contributed by atoms with E-state index < -0.39 is 0 Å². The van der Waals surface area contributed by atoms with E-state index >= 15 is 0 Å². The van der Waals surface area contributed by atoms with Crippen molar-refractivity contribution in [1.29, 1.82) is 0 Å². The normalized spacial score (nSPS) is 16.1. The molecule has 0 spiro atoms. The number of carbonyl (C=O) groups excluding carboxylic acids is 1. The van der Waals surface area contributed by atoms with Crippen LogP contribution in [0.2, 0.25) is 5.02 Å². The smallest absolute Gasteiger partial charge is 0.257 e. The minimum Gasteiger partial charge on any atom is -0.484 e. The van der Waals surface area contributed by atoms with Gasteiger partial charge in [-0.1, -0.05) is 11.6 Å². The molecule has 18 heavy (non-hydrogen) atoms. The van der Waals surface area contributed by atoms with E-state index in [0.717, 1.165) is 0 Å². The van der Waals surface area contributed by atoms with Gasteiger partial charge in [-0.2, -0.15) is 0 Å². The summed E-state index contributed by atoms with van der Waals surface area (Å²) in [5, 5.41) is 3.45. The van der Waals surface area contributed by atoms with Crippen LogP contribution in [0.25, 0.3) is 0 Å². The van der Waals surface area contributed by atoms with Crippen molar-refractivity contribution < 1.29 is 9.53 Å². The third-order valence-corrected chi connectivity index (χ3v) is 3.57. The average molecular weight is 288 g/mol. The van der Waals surface area contributed by atoms with E-state index in [1.807, 2.05) is 0 Å². The number of benzene rings is 1. The summed E-state index contributed by atoms with van der Waals surface area (Å²) >= 11 is 11.8. The summed E-state index contributed by atoms with van der Waals surface area (Å²) in [6, 6.07) is 6.89. The topological polar surface area (TPSA) is 38.3 Å². The predicted molar refractivity (Wildman–Crippen MR) is 72.3 cm³/mol. The van der Waals surface area contributed by atoms with Crippen LogP contribution < -0.4 is 10.1 Å². The van der Waals surface area contributed by atoms with Gasteiger partial charge in [0.25, 0.3) is 5.91 Å². The van der Waals surface area contributed by atoms with E-state index in [2.05, 4.69) is 5.32 Å². The van der Waals surface area contributed by atoms with Crippen LogP contribution in [0.4, 0.5) is 0 Å². The number of alkyl halides is 1. The van der Waals surface area contributed by atoms with Gasteiger partial charge in [-0.3, -0.25) is 4.79 Å². The Morgan fingerprint density at radius 3 is 2.67 bits per heavy atom. The Balaban J connectivity index is 1.66. The molecule has 1 N–H and O–H groups in total. The molecule has 2 rings (SSSR count). The van der Waals surface area contributed by atoms with E-state index in [1.165, 1.54) is 12.8 Å². The number of nitrogens with one attached hydrogen (secondary N) is 1. The van der Waals surface area contributed by atoms with Crippen LogP contribution in [0.1, 0.15) is 12.8 Å². The lowest BCUT2D eigenvalue weighted by Gasteiger charge is -2.10. The molecule has 98 valence electrons. The van der Waals surface area contributed by atoms with Crippen LogP contribution >= 0.6 is 23.2 Å². The van der Waals surface area contributed by atoms with E-state index in [0.29, 0.717) is 23.2 Å². The largest absolute Gasteiger partial charge is 0.484 e. The highest BCUT2D eigenvalue weighted by atomic mass is 35.5. The Bertz CT molecular complexity index is 404. The van der Waals surface area contributed by atoms with Gasteiger partial charge >= 0.3 is 0 Å². The van der Waals surface area contributed by atoms with Crippen LogP contribution in [0.15, 0.2) is 24.3 Å². The standard InChI is InChI=1S/C13H15Cl2NO2/c14-10-3-5-11(6-4-10)18-8-13(17)16-7-12(15)9-1-2-9/h3-6,9,12H,1-2,7-8H2,(H,16,17). The van der Waals surface area contributed by atoms with E-state index in [4.69, 9.17) is 27.9 Å². The molecule has 0 bridgehead atoms. The van der Waals surface area contributed by atoms with Crippen molar-refractivity contribution in [3.63, 3.8) is 0 Å². The monoisotopic (exact) mass is 287 g/mol. The summed E-state index contributed by atoms with van der Waals surface area (Å²) in [6.45, 7) is 0.505. The van der Waals surface area contributed by atoms with Crippen LogP contribution in [-0.2, 0) is 4.79 Å². The predicted octanol–water partition coefficient (Wildman–Crippen LogP) is 2.85. The highest BCUT2D eigenvalue weighted by molar-refractivity contribution is 6.30. The SMILES string of the molecule is O=C(COc1ccc(Cl)cc1)NCC(Cl)C1CC1. The Hall–Kier alpha value is -0.930. The van der Waals surface area contributed by atoms with Gasteiger partial charge in [-0.15, -0.1) is 11.6 Å². The van der Waals surface area contributed by atoms with Crippen molar-refractivity contribution in [2.45, 2.75) is 18.2 Å². The van der Waals surface area contributed by atoms with Crippen molar-refractivity contribution in [1.82, 2.24) is 5.32 Å². The fourth-order valence-electron chi connectivity index (χ4n) is 1.57. The lowest BCUT2D eigenvalue weighted by Crippen LogP contribution is -2.34. The molecule has 1 saturated carbocycles.